The van der Waals surface area contributed by atoms with Crippen molar-refractivity contribution >= 4 is 11.9 Å². The van der Waals surface area contributed by atoms with Gasteiger partial charge in [-0.05, 0) is 5.56 Å². The van der Waals surface area contributed by atoms with Crippen molar-refractivity contribution in [3.63, 3.8) is 0 Å². The average molecular weight is 221 g/mol. The molecule has 2 N–H and O–H groups in total. The highest BCUT2D eigenvalue weighted by Crippen LogP contribution is 2.23. The number of ether oxygens (including phenoxy) is 1. The highest BCUT2D eigenvalue weighted by atomic mass is 16.5. The van der Waals surface area contributed by atoms with Crippen LogP contribution in [0.4, 0.5) is 0 Å². The standard InChI is InChI=1S/C11H11NO4/c13-8-6-16-10(9(12-8)11(14)15)7-4-2-1-3-5-7/h1-5,9-10H,6H2,(H,12,13)(H,14,15). The number of carbonyl (C=O) groups excluding carboxylic acids is 1. The number of hydrogen-bond acceptors (Lipinski definition) is 3. The van der Waals surface area contributed by atoms with E-state index < -0.39 is 24.0 Å². The molecule has 84 valence electrons. The van der Waals surface area contributed by atoms with Gasteiger partial charge in [-0.15, -0.1) is 0 Å². The number of nitrogens with one attached hydrogen (secondary N) is 1. The van der Waals surface area contributed by atoms with Crippen LogP contribution in [0.5, 0.6) is 0 Å². The van der Waals surface area contributed by atoms with Gasteiger partial charge in [-0.25, -0.2) is 4.79 Å². The number of carboxylic acids is 1. The molecule has 1 aliphatic heterocycles. The highest BCUT2D eigenvalue weighted by molar-refractivity contribution is 5.86. The van der Waals surface area contributed by atoms with Gasteiger partial charge in [-0.3, -0.25) is 4.79 Å². The van der Waals surface area contributed by atoms with Gasteiger partial charge in [0.05, 0.1) is 0 Å². The fourth-order valence-electron chi connectivity index (χ4n) is 1.68. The van der Waals surface area contributed by atoms with Crippen LogP contribution in [0.1, 0.15) is 11.7 Å². The predicted octanol–water partition coefficient (Wildman–Crippen LogP) is 0.327. The largest absolute Gasteiger partial charge is 0.480 e. The molecule has 2 atom stereocenters. The number of hydrogen-bond donors (Lipinski definition) is 2. The summed E-state index contributed by atoms with van der Waals surface area (Å²) in [6.07, 6.45) is -0.628. The summed E-state index contributed by atoms with van der Waals surface area (Å²) in [5.41, 5.74) is 0.745. The summed E-state index contributed by atoms with van der Waals surface area (Å²) < 4.78 is 5.26. The predicted molar refractivity (Wildman–Crippen MR) is 54.7 cm³/mol. The van der Waals surface area contributed by atoms with Crippen molar-refractivity contribution in [1.82, 2.24) is 5.32 Å². The summed E-state index contributed by atoms with van der Waals surface area (Å²) in [4.78, 5) is 22.0. The molecule has 2 rings (SSSR count). The molecule has 0 bridgehead atoms. The molecule has 1 aliphatic rings. The number of carbonyl (C=O) groups is 2. The zero-order valence-corrected chi connectivity index (χ0v) is 8.42. The molecular weight excluding hydrogens is 210 g/mol. The summed E-state index contributed by atoms with van der Waals surface area (Å²) >= 11 is 0. The summed E-state index contributed by atoms with van der Waals surface area (Å²) in [5.74, 6) is -1.50. The number of rotatable bonds is 2. The Bertz CT molecular complexity index is 404. The van der Waals surface area contributed by atoms with E-state index >= 15 is 0 Å². The molecule has 0 saturated carbocycles. The van der Waals surface area contributed by atoms with Crippen molar-refractivity contribution < 1.29 is 19.4 Å². The Kier molecular flexibility index (Phi) is 2.87. The van der Waals surface area contributed by atoms with E-state index in [0.717, 1.165) is 5.56 Å². The molecular formula is C11H11NO4. The minimum absolute atomic E-state index is 0.108. The zero-order chi connectivity index (χ0) is 11.5. The maximum Gasteiger partial charge on any atom is 0.329 e. The van der Waals surface area contributed by atoms with E-state index in [9.17, 15) is 9.59 Å². The van der Waals surface area contributed by atoms with Crippen LogP contribution in [-0.4, -0.2) is 29.6 Å². The number of carboxylic acid groups (broad SMARTS) is 1. The zero-order valence-electron chi connectivity index (χ0n) is 8.42. The van der Waals surface area contributed by atoms with E-state index in [1.807, 2.05) is 6.07 Å². The van der Waals surface area contributed by atoms with E-state index in [1.165, 1.54) is 0 Å². The van der Waals surface area contributed by atoms with Crippen molar-refractivity contribution in [3.05, 3.63) is 35.9 Å². The second-order valence-electron chi connectivity index (χ2n) is 3.53. The molecule has 1 saturated heterocycles. The maximum atomic E-state index is 11.1. The quantitative estimate of drug-likeness (QED) is 0.754. The van der Waals surface area contributed by atoms with Crippen LogP contribution in [0.15, 0.2) is 30.3 Å². The minimum Gasteiger partial charge on any atom is -0.480 e. The first kappa shape index (κ1) is 10.6. The van der Waals surface area contributed by atoms with Crippen LogP contribution >= 0.6 is 0 Å². The van der Waals surface area contributed by atoms with Gasteiger partial charge in [-0.1, -0.05) is 30.3 Å². The lowest BCUT2D eigenvalue weighted by molar-refractivity contribution is -0.154. The number of benzene rings is 1. The Morgan fingerprint density at radius 2 is 2.06 bits per heavy atom. The van der Waals surface area contributed by atoms with Crippen molar-refractivity contribution in [2.24, 2.45) is 0 Å². The van der Waals surface area contributed by atoms with Gasteiger partial charge in [0.2, 0.25) is 5.91 Å². The van der Waals surface area contributed by atoms with Gasteiger partial charge in [0.1, 0.15) is 12.7 Å². The van der Waals surface area contributed by atoms with E-state index in [2.05, 4.69) is 5.32 Å². The Morgan fingerprint density at radius 1 is 1.38 bits per heavy atom. The molecule has 1 heterocycles. The number of morpholine rings is 1. The number of aliphatic carboxylic acids is 1. The molecule has 0 spiro atoms. The molecule has 5 nitrogen and oxygen atoms in total. The first-order valence-corrected chi connectivity index (χ1v) is 4.87. The lowest BCUT2D eigenvalue weighted by atomic mass is 10.0. The van der Waals surface area contributed by atoms with E-state index in [0.29, 0.717) is 0 Å². The lowest BCUT2D eigenvalue weighted by Crippen LogP contribution is -2.51. The van der Waals surface area contributed by atoms with Crippen LogP contribution in [-0.2, 0) is 14.3 Å². The van der Waals surface area contributed by atoms with E-state index in [-0.39, 0.29) is 6.61 Å². The van der Waals surface area contributed by atoms with Crippen LogP contribution < -0.4 is 5.32 Å². The summed E-state index contributed by atoms with van der Waals surface area (Å²) in [7, 11) is 0. The van der Waals surface area contributed by atoms with Gasteiger partial charge >= 0.3 is 5.97 Å². The molecule has 1 aromatic rings. The van der Waals surface area contributed by atoms with Gasteiger partial charge in [0.15, 0.2) is 6.04 Å². The maximum absolute atomic E-state index is 11.1. The van der Waals surface area contributed by atoms with Crippen molar-refractivity contribution in [3.8, 4) is 0 Å². The minimum atomic E-state index is -1.10. The average Bonchev–Trinajstić information content (AvgIpc) is 2.30. The molecule has 1 fully saturated rings. The Labute approximate surface area is 92.0 Å². The molecule has 0 radical (unpaired) electrons. The Hall–Kier alpha value is -1.88. The van der Waals surface area contributed by atoms with Crippen molar-refractivity contribution in [2.75, 3.05) is 6.61 Å². The van der Waals surface area contributed by atoms with E-state index in [4.69, 9.17) is 9.84 Å². The van der Waals surface area contributed by atoms with E-state index in [1.54, 1.807) is 24.3 Å². The molecule has 2 unspecified atom stereocenters. The SMILES string of the molecule is O=C1COC(c2ccccc2)C(C(=O)O)N1. The smallest absolute Gasteiger partial charge is 0.329 e. The third kappa shape index (κ3) is 2.04. The Morgan fingerprint density at radius 3 is 2.69 bits per heavy atom. The second-order valence-corrected chi connectivity index (χ2v) is 3.53. The monoisotopic (exact) mass is 221 g/mol. The molecule has 0 aromatic heterocycles. The lowest BCUT2D eigenvalue weighted by Gasteiger charge is -2.29. The van der Waals surface area contributed by atoms with Gasteiger partial charge in [0, 0.05) is 0 Å². The molecule has 0 aliphatic carbocycles. The summed E-state index contributed by atoms with van der Waals surface area (Å²) in [5, 5.41) is 11.4. The van der Waals surface area contributed by atoms with Crippen molar-refractivity contribution in [2.45, 2.75) is 12.1 Å². The normalized spacial score (nSPS) is 24.9. The third-order valence-electron chi connectivity index (χ3n) is 2.41. The number of amides is 1. The summed E-state index contributed by atoms with van der Waals surface area (Å²) in [6, 6.07) is 7.96. The molecule has 1 aromatic carbocycles. The third-order valence-corrected chi connectivity index (χ3v) is 2.41. The van der Waals surface area contributed by atoms with Crippen LogP contribution in [0.25, 0.3) is 0 Å². The van der Waals surface area contributed by atoms with Gasteiger partial charge in [0.25, 0.3) is 0 Å². The molecule has 1 amide bonds. The first-order valence-electron chi connectivity index (χ1n) is 4.87. The summed E-state index contributed by atoms with van der Waals surface area (Å²) in [6.45, 7) is -0.108. The van der Waals surface area contributed by atoms with Crippen LogP contribution in [0.2, 0.25) is 0 Å². The van der Waals surface area contributed by atoms with Crippen LogP contribution in [0, 0.1) is 0 Å². The fraction of sp³-hybridized carbons (Fsp3) is 0.273. The Balaban J connectivity index is 2.25. The van der Waals surface area contributed by atoms with Crippen LogP contribution in [0.3, 0.4) is 0 Å². The van der Waals surface area contributed by atoms with Gasteiger partial charge in [-0.2, -0.15) is 0 Å². The molecule has 16 heavy (non-hydrogen) atoms. The van der Waals surface area contributed by atoms with Crippen molar-refractivity contribution in [1.29, 1.82) is 0 Å². The van der Waals surface area contributed by atoms with Gasteiger partial charge < -0.3 is 15.2 Å². The first-order chi connectivity index (χ1) is 7.68. The fourth-order valence-corrected chi connectivity index (χ4v) is 1.68. The second kappa shape index (κ2) is 4.32. The highest BCUT2D eigenvalue weighted by Gasteiger charge is 2.35. The molecule has 5 heteroatoms. The topological polar surface area (TPSA) is 75.6 Å².